The number of urea groups is 1. The standard InChI is InChI=1S/C26H27ClFN3O5/c1-3-10-30(26(33)29-19-6-8-22(28)21(27)12-19)15-25(32)31(14-20-7-4-17(2)36-20)13-18-5-9-23-24(11-18)35-16-34-23/h4-9,11-12H,3,10,13-16H2,1-2H3,(H,29,33). The van der Waals surface area contributed by atoms with Gasteiger partial charge in [-0.05, 0) is 61.4 Å². The van der Waals surface area contributed by atoms with Crippen LogP contribution in [0.25, 0.3) is 0 Å². The summed E-state index contributed by atoms with van der Waals surface area (Å²) in [6.07, 6.45) is 0.643. The van der Waals surface area contributed by atoms with Crippen LogP contribution in [0.2, 0.25) is 5.02 Å². The normalized spacial score (nSPS) is 11.9. The van der Waals surface area contributed by atoms with Crippen molar-refractivity contribution in [3.8, 4) is 11.5 Å². The van der Waals surface area contributed by atoms with Crippen LogP contribution in [0, 0.1) is 12.7 Å². The Balaban J connectivity index is 1.50. The van der Waals surface area contributed by atoms with E-state index in [9.17, 15) is 14.0 Å². The number of aryl methyl sites for hydroxylation is 1. The largest absolute Gasteiger partial charge is 0.464 e. The molecule has 1 aliphatic rings. The molecule has 1 N–H and O–H groups in total. The lowest BCUT2D eigenvalue weighted by Crippen LogP contribution is -2.44. The molecule has 0 unspecified atom stereocenters. The number of furan rings is 1. The first-order chi connectivity index (χ1) is 17.3. The van der Waals surface area contributed by atoms with Crippen molar-refractivity contribution in [3.63, 3.8) is 0 Å². The zero-order chi connectivity index (χ0) is 25.7. The lowest BCUT2D eigenvalue weighted by atomic mass is 10.2. The Morgan fingerprint density at radius 3 is 2.56 bits per heavy atom. The van der Waals surface area contributed by atoms with Crippen LogP contribution in [-0.2, 0) is 17.9 Å². The lowest BCUT2D eigenvalue weighted by molar-refractivity contribution is -0.133. The van der Waals surface area contributed by atoms with E-state index in [1.165, 1.54) is 23.1 Å². The van der Waals surface area contributed by atoms with Crippen molar-refractivity contribution < 1.29 is 27.9 Å². The van der Waals surface area contributed by atoms with Crippen LogP contribution in [-0.4, -0.2) is 41.6 Å². The topological polar surface area (TPSA) is 84.2 Å². The highest BCUT2D eigenvalue weighted by atomic mass is 35.5. The van der Waals surface area contributed by atoms with E-state index < -0.39 is 11.8 Å². The molecular formula is C26H27ClFN3O5. The number of rotatable bonds is 9. The van der Waals surface area contributed by atoms with Crippen molar-refractivity contribution >= 4 is 29.2 Å². The molecule has 2 aromatic carbocycles. The van der Waals surface area contributed by atoms with E-state index >= 15 is 0 Å². The summed E-state index contributed by atoms with van der Waals surface area (Å²) in [7, 11) is 0. The van der Waals surface area contributed by atoms with Crippen LogP contribution in [0.5, 0.6) is 11.5 Å². The molecule has 0 aliphatic carbocycles. The zero-order valence-electron chi connectivity index (χ0n) is 20.1. The summed E-state index contributed by atoms with van der Waals surface area (Å²) >= 11 is 5.83. The molecule has 1 aliphatic heterocycles. The summed E-state index contributed by atoms with van der Waals surface area (Å²) in [4.78, 5) is 29.5. The maximum atomic E-state index is 13.5. The van der Waals surface area contributed by atoms with Gasteiger partial charge in [-0.2, -0.15) is 0 Å². The van der Waals surface area contributed by atoms with Crippen molar-refractivity contribution in [2.75, 3.05) is 25.2 Å². The summed E-state index contributed by atoms with van der Waals surface area (Å²) in [5, 5.41) is 2.58. The average Bonchev–Trinajstić information content (AvgIpc) is 3.48. The van der Waals surface area contributed by atoms with Gasteiger partial charge in [-0.3, -0.25) is 4.79 Å². The first-order valence-corrected chi connectivity index (χ1v) is 11.9. The van der Waals surface area contributed by atoms with Crippen molar-refractivity contribution in [1.82, 2.24) is 9.80 Å². The van der Waals surface area contributed by atoms with Gasteiger partial charge in [0.05, 0.1) is 11.6 Å². The predicted molar refractivity (Wildman–Crippen MR) is 133 cm³/mol. The molecule has 1 aromatic heterocycles. The number of fused-ring (bicyclic) bond motifs is 1. The van der Waals surface area contributed by atoms with Gasteiger partial charge in [-0.15, -0.1) is 0 Å². The van der Waals surface area contributed by atoms with Crippen molar-refractivity contribution in [2.45, 2.75) is 33.4 Å². The molecule has 0 spiro atoms. The second-order valence-electron chi connectivity index (χ2n) is 8.43. The number of halogens is 2. The average molecular weight is 516 g/mol. The third-order valence-corrected chi connectivity index (χ3v) is 5.87. The molecule has 36 heavy (non-hydrogen) atoms. The fraction of sp³-hybridized carbons (Fsp3) is 0.308. The molecule has 0 fully saturated rings. The van der Waals surface area contributed by atoms with Crippen LogP contribution in [0.4, 0.5) is 14.9 Å². The minimum absolute atomic E-state index is 0.102. The Morgan fingerprint density at radius 1 is 1.03 bits per heavy atom. The number of nitrogens with zero attached hydrogens (tertiary/aromatic N) is 2. The number of carbonyl (C=O) groups excluding carboxylic acids is 2. The maximum absolute atomic E-state index is 13.5. The van der Waals surface area contributed by atoms with Crippen LogP contribution in [0.15, 0.2) is 52.9 Å². The van der Waals surface area contributed by atoms with Gasteiger partial charge >= 0.3 is 6.03 Å². The summed E-state index contributed by atoms with van der Waals surface area (Å²) < 4.78 is 30.0. The molecule has 0 radical (unpaired) electrons. The summed E-state index contributed by atoms with van der Waals surface area (Å²) in [6.45, 7) is 4.62. The van der Waals surface area contributed by atoms with Crippen LogP contribution in [0.1, 0.15) is 30.4 Å². The first kappa shape index (κ1) is 25.4. The second-order valence-corrected chi connectivity index (χ2v) is 8.84. The molecule has 190 valence electrons. The molecule has 0 saturated heterocycles. The number of benzene rings is 2. The quantitative estimate of drug-likeness (QED) is 0.402. The highest BCUT2D eigenvalue weighted by Crippen LogP contribution is 2.33. The number of carbonyl (C=O) groups is 2. The third kappa shape index (κ3) is 6.28. The smallest absolute Gasteiger partial charge is 0.322 e. The molecular weight excluding hydrogens is 489 g/mol. The second kappa shape index (κ2) is 11.3. The lowest BCUT2D eigenvalue weighted by Gasteiger charge is -2.27. The van der Waals surface area contributed by atoms with Gasteiger partial charge in [0.15, 0.2) is 11.5 Å². The predicted octanol–water partition coefficient (Wildman–Crippen LogP) is 5.58. The molecule has 3 aromatic rings. The third-order valence-electron chi connectivity index (χ3n) is 5.58. The zero-order valence-corrected chi connectivity index (χ0v) is 20.8. The van der Waals surface area contributed by atoms with Gasteiger partial charge in [0.1, 0.15) is 23.9 Å². The van der Waals surface area contributed by atoms with Crippen molar-refractivity contribution in [1.29, 1.82) is 0 Å². The minimum Gasteiger partial charge on any atom is -0.464 e. The molecule has 2 heterocycles. The van der Waals surface area contributed by atoms with E-state index in [1.807, 2.05) is 44.2 Å². The maximum Gasteiger partial charge on any atom is 0.322 e. The minimum atomic E-state index is -0.581. The van der Waals surface area contributed by atoms with Gasteiger partial charge in [-0.1, -0.05) is 24.6 Å². The summed E-state index contributed by atoms with van der Waals surface area (Å²) in [5.41, 5.74) is 1.19. The highest BCUT2D eigenvalue weighted by Gasteiger charge is 2.23. The monoisotopic (exact) mass is 515 g/mol. The van der Waals surface area contributed by atoms with Gasteiger partial charge in [0, 0.05) is 18.8 Å². The summed E-state index contributed by atoms with van der Waals surface area (Å²) in [5.74, 6) is 1.81. The molecule has 10 heteroatoms. The SMILES string of the molecule is CCCN(CC(=O)N(Cc1ccc2c(c1)OCO2)Cc1ccc(C)o1)C(=O)Nc1ccc(F)c(Cl)c1. The fourth-order valence-corrected chi connectivity index (χ4v) is 3.99. The molecule has 0 saturated carbocycles. The number of ether oxygens (including phenoxy) is 2. The van der Waals surface area contributed by atoms with Gasteiger partial charge in [0.25, 0.3) is 0 Å². The summed E-state index contributed by atoms with van der Waals surface area (Å²) in [6, 6.07) is 12.6. The van der Waals surface area contributed by atoms with Gasteiger partial charge < -0.3 is 29.0 Å². The molecule has 3 amide bonds. The number of amides is 3. The van der Waals surface area contributed by atoms with Crippen LogP contribution < -0.4 is 14.8 Å². The molecule has 0 atom stereocenters. The van der Waals surface area contributed by atoms with Gasteiger partial charge in [0.2, 0.25) is 12.7 Å². The number of hydrogen-bond donors (Lipinski definition) is 1. The van der Waals surface area contributed by atoms with E-state index in [0.717, 1.165) is 11.3 Å². The number of nitrogens with one attached hydrogen (secondary N) is 1. The molecule has 8 nitrogen and oxygen atoms in total. The van der Waals surface area contributed by atoms with Crippen molar-refractivity contribution in [3.05, 3.63) is 76.5 Å². The van der Waals surface area contributed by atoms with Gasteiger partial charge in [-0.25, -0.2) is 9.18 Å². The Hall–Kier alpha value is -3.72. The van der Waals surface area contributed by atoms with Crippen LogP contribution >= 0.6 is 11.6 Å². The van der Waals surface area contributed by atoms with Crippen LogP contribution in [0.3, 0.4) is 0 Å². The van der Waals surface area contributed by atoms with E-state index in [0.29, 0.717) is 35.9 Å². The molecule has 4 rings (SSSR count). The Bertz CT molecular complexity index is 1250. The number of anilines is 1. The first-order valence-electron chi connectivity index (χ1n) is 11.5. The highest BCUT2D eigenvalue weighted by molar-refractivity contribution is 6.31. The Morgan fingerprint density at radius 2 is 1.83 bits per heavy atom. The Labute approximate surface area is 213 Å². The van der Waals surface area contributed by atoms with E-state index in [2.05, 4.69) is 5.32 Å². The Kier molecular flexibility index (Phi) is 8.00. The van der Waals surface area contributed by atoms with E-state index in [1.54, 1.807) is 4.90 Å². The fourth-order valence-electron chi connectivity index (χ4n) is 3.81. The van der Waals surface area contributed by atoms with E-state index in [-0.39, 0.29) is 37.4 Å². The number of hydrogen-bond acceptors (Lipinski definition) is 5. The van der Waals surface area contributed by atoms with Crippen molar-refractivity contribution in [2.24, 2.45) is 0 Å². The molecule has 0 bridgehead atoms. The van der Waals surface area contributed by atoms with E-state index in [4.69, 9.17) is 25.5 Å².